The second-order valence-corrected chi connectivity index (χ2v) is 6.97. The van der Waals surface area contributed by atoms with Gasteiger partial charge in [0.15, 0.2) is 0 Å². The van der Waals surface area contributed by atoms with Crippen LogP contribution in [0.5, 0.6) is 0 Å². The molecule has 2 aromatic heterocycles. The van der Waals surface area contributed by atoms with Crippen LogP contribution in [0.4, 0.5) is 5.82 Å². The van der Waals surface area contributed by atoms with Gasteiger partial charge < -0.3 is 14.7 Å². The van der Waals surface area contributed by atoms with Gasteiger partial charge in [0.05, 0.1) is 37.6 Å². The number of aryl methyl sites for hydroxylation is 2. The first-order valence-electron chi connectivity index (χ1n) is 7.67. The molecule has 0 atom stereocenters. The third-order valence-electron chi connectivity index (χ3n) is 4.02. The van der Waals surface area contributed by atoms with Crippen molar-refractivity contribution in [1.82, 2.24) is 9.97 Å². The zero-order valence-electron chi connectivity index (χ0n) is 13.8. The van der Waals surface area contributed by atoms with Gasteiger partial charge in [-0.2, -0.15) is 5.26 Å². The Morgan fingerprint density at radius 2 is 2.17 bits per heavy atom. The molecule has 0 saturated carbocycles. The van der Waals surface area contributed by atoms with Crippen molar-refractivity contribution in [3.8, 4) is 6.07 Å². The molecule has 1 saturated heterocycles. The van der Waals surface area contributed by atoms with Crippen LogP contribution in [0.1, 0.15) is 34.4 Å². The quantitative estimate of drug-likeness (QED) is 0.845. The smallest absolute Gasteiger partial charge is 0.348 e. The Labute approximate surface area is 143 Å². The summed E-state index contributed by atoms with van der Waals surface area (Å²) >= 11 is 1.30. The van der Waals surface area contributed by atoms with Crippen LogP contribution in [0.15, 0.2) is 0 Å². The molecule has 0 radical (unpaired) electrons. The van der Waals surface area contributed by atoms with E-state index in [2.05, 4.69) is 9.97 Å². The Kier molecular flexibility index (Phi) is 4.15. The fourth-order valence-corrected chi connectivity index (χ4v) is 4.03. The summed E-state index contributed by atoms with van der Waals surface area (Å²) in [5, 5.41) is 19.8. The minimum absolute atomic E-state index is 0.0907. The van der Waals surface area contributed by atoms with E-state index in [9.17, 15) is 9.90 Å². The molecule has 126 valence electrons. The normalized spacial score (nSPS) is 15.9. The summed E-state index contributed by atoms with van der Waals surface area (Å²) in [7, 11) is 0. The number of fused-ring (bicyclic) bond motifs is 1. The molecule has 0 amide bonds. The average molecular weight is 346 g/mol. The Bertz CT molecular complexity index is 849. The van der Waals surface area contributed by atoms with Gasteiger partial charge in [-0.3, -0.25) is 0 Å². The summed E-state index contributed by atoms with van der Waals surface area (Å²) in [6.45, 7) is 6.42. The first-order valence-corrected chi connectivity index (χ1v) is 8.49. The van der Waals surface area contributed by atoms with Gasteiger partial charge in [-0.1, -0.05) is 0 Å². The number of carbonyl (C=O) groups excluding carboxylic acids is 1. The molecule has 0 aliphatic carbocycles. The molecule has 3 heterocycles. The van der Waals surface area contributed by atoms with Crippen molar-refractivity contribution in [3.63, 3.8) is 0 Å². The van der Waals surface area contributed by atoms with Crippen molar-refractivity contribution in [2.75, 3.05) is 24.6 Å². The molecule has 0 spiro atoms. The van der Waals surface area contributed by atoms with Gasteiger partial charge in [0.25, 0.3) is 0 Å². The Morgan fingerprint density at radius 3 is 2.79 bits per heavy atom. The highest BCUT2D eigenvalue weighted by molar-refractivity contribution is 7.20. The molecular formula is C16H18N4O3S. The topological polar surface area (TPSA) is 99.3 Å². The van der Waals surface area contributed by atoms with E-state index >= 15 is 0 Å². The maximum atomic E-state index is 12.1. The number of rotatable bonds is 4. The van der Waals surface area contributed by atoms with Gasteiger partial charge >= 0.3 is 5.97 Å². The van der Waals surface area contributed by atoms with E-state index in [0.29, 0.717) is 36.2 Å². The molecule has 8 heteroatoms. The van der Waals surface area contributed by atoms with E-state index in [0.717, 1.165) is 15.8 Å². The van der Waals surface area contributed by atoms with Crippen LogP contribution in [-0.2, 0) is 4.74 Å². The lowest BCUT2D eigenvalue weighted by atomic mass is 9.91. The number of thiophene rings is 1. The molecular weight excluding hydrogens is 328 g/mol. The second kappa shape index (κ2) is 6.00. The lowest BCUT2D eigenvalue weighted by Gasteiger charge is -2.46. The number of β-amino-alcohol motifs (C(OH)–C–C–N with tert-alkyl or cyclic N) is 1. The highest BCUT2D eigenvalue weighted by atomic mass is 32.1. The van der Waals surface area contributed by atoms with Crippen molar-refractivity contribution >= 4 is 33.3 Å². The van der Waals surface area contributed by atoms with Crippen LogP contribution >= 0.6 is 11.3 Å². The number of ether oxygens (including phenoxy) is 1. The van der Waals surface area contributed by atoms with Crippen LogP contribution in [-0.4, -0.2) is 46.3 Å². The van der Waals surface area contributed by atoms with E-state index in [1.165, 1.54) is 11.3 Å². The Morgan fingerprint density at radius 1 is 1.46 bits per heavy atom. The zero-order chi connectivity index (χ0) is 17.5. The number of nitriles is 1. The summed E-state index contributed by atoms with van der Waals surface area (Å²) in [6.07, 6.45) is 0.0907. The van der Waals surface area contributed by atoms with Crippen molar-refractivity contribution in [2.45, 2.75) is 32.8 Å². The van der Waals surface area contributed by atoms with E-state index in [4.69, 9.17) is 10.00 Å². The fourth-order valence-electron chi connectivity index (χ4n) is 2.91. The molecule has 3 rings (SSSR count). The van der Waals surface area contributed by atoms with Gasteiger partial charge in [0, 0.05) is 0 Å². The number of hydrogen-bond donors (Lipinski definition) is 1. The largest absolute Gasteiger partial charge is 0.462 e. The number of carbonyl (C=O) groups is 1. The monoisotopic (exact) mass is 346 g/mol. The fraction of sp³-hybridized carbons (Fsp3) is 0.500. The van der Waals surface area contributed by atoms with E-state index < -0.39 is 5.60 Å². The van der Waals surface area contributed by atoms with Gasteiger partial charge in [-0.15, -0.1) is 11.3 Å². The van der Waals surface area contributed by atoms with Gasteiger partial charge in [-0.05, 0) is 26.3 Å². The molecule has 1 fully saturated rings. The van der Waals surface area contributed by atoms with Crippen molar-refractivity contribution in [2.24, 2.45) is 0 Å². The maximum absolute atomic E-state index is 12.1. The summed E-state index contributed by atoms with van der Waals surface area (Å²) in [5.41, 5.74) is -0.201. The SMILES string of the molecule is CCOC(=O)c1sc2nc(C)nc(N3CC(O)(CC#N)C3)c2c1C. The predicted molar refractivity (Wildman–Crippen MR) is 90.2 cm³/mol. The summed E-state index contributed by atoms with van der Waals surface area (Å²) in [6, 6.07) is 2.01. The van der Waals surface area contributed by atoms with Gasteiger partial charge in [0.1, 0.15) is 27.0 Å². The molecule has 7 nitrogen and oxygen atoms in total. The van der Waals surface area contributed by atoms with Crippen LogP contribution in [0.2, 0.25) is 0 Å². The summed E-state index contributed by atoms with van der Waals surface area (Å²) in [4.78, 5) is 24.2. The molecule has 2 aromatic rings. The minimum atomic E-state index is -0.992. The van der Waals surface area contributed by atoms with Gasteiger partial charge in [0.2, 0.25) is 0 Å². The lowest BCUT2D eigenvalue weighted by Crippen LogP contribution is -2.62. The summed E-state index contributed by atoms with van der Waals surface area (Å²) in [5.74, 6) is 0.945. The van der Waals surface area contributed by atoms with Crippen LogP contribution in [0, 0.1) is 25.2 Å². The lowest BCUT2D eigenvalue weighted by molar-refractivity contribution is 0.0163. The summed E-state index contributed by atoms with van der Waals surface area (Å²) < 4.78 is 5.11. The van der Waals surface area contributed by atoms with Crippen molar-refractivity contribution in [1.29, 1.82) is 5.26 Å². The highest BCUT2D eigenvalue weighted by Crippen LogP contribution is 2.39. The molecule has 0 bridgehead atoms. The van der Waals surface area contributed by atoms with Crippen molar-refractivity contribution < 1.29 is 14.6 Å². The number of nitrogens with zero attached hydrogens (tertiary/aromatic N) is 4. The third kappa shape index (κ3) is 2.70. The van der Waals surface area contributed by atoms with Crippen LogP contribution in [0.3, 0.4) is 0 Å². The number of aromatic nitrogens is 2. The Balaban J connectivity index is 2.03. The van der Waals surface area contributed by atoms with Crippen LogP contribution < -0.4 is 4.90 Å². The van der Waals surface area contributed by atoms with E-state index in [1.54, 1.807) is 13.8 Å². The van der Waals surface area contributed by atoms with Crippen LogP contribution in [0.25, 0.3) is 10.2 Å². The maximum Gasteiger partial charge on any atom is 0.348 e. The molecule has 1 aliphatic rings. The molecule has 0 aromatic carbocycles. The number of aliphatic hydroxyl groups is 1. The number of hydrogen-bond acceptors (Lipinski definition) is 8. The standard InChI is InChI=1S/C16H18N4O3S/c1-4-23-15(21)12-9(2)11-13(18-10(3)19-14(11)24-12)20-7-16(22,8-20)5-6-17/h22H,4-5,7-8H2,1-3H3. The number of esters is 1. The predicted octanol–water partition coefficient (Wildman–Crippen LogP) is 1.95. The second-order valence-electron chi connectivity index (χ2n) is 5.97. The van der Waals surface area contributed by atoms with Crippen molar-refractivity contribution in [3.05, 3.63) is 16.3 Å². The highest BCUT2D eigenvalue weighted by Gasteiger charge is 2.42. The molecule has 0 unspecified atom stereocenters. The first kappa shape index (κ1) is 16.6. The third-order valence-corrected chi connectivity index (χ3v) is 5.19. The molecule has 1 aliphatic heterocycles. The molecule has 24 heavy (non-hydrogen) atoms. The Hall–Kier alpha value is -2.24. The van der Waals surface area contributed by atoms with E-state index in [-0.39, 0.29) is 12.4 Å². The van der Waals surface area contributed by atoms with E-state index in [1.807, 2.05) is 17.9 Å². The molecule has 1 N–H and O–H groups in total. The number of anilines is 1. The zero-order valence-corrected chi connectivity index (χ0v) is 14.6. The first-order chi connectivity index (χ1) is 11.4. The minimum Gasteiger partial charge on any atom is -0.462 e. The van der Waals surface area contributed by atoms with Gasteiger partial charge in [-0.25, -0.2) is 14.8 Å². The average Bonchev–Trinajstić information content (AvgIpc) is 2.81.